The molecular weight excluding hydrogens is 515 g/mol. The Morgan fingerprint density at radius 1 is 1.14 bits per heavy atom. The van der Waals surface area contributed by atoms with E-state index in [2.05, 4.69) is 4.90 Å². The molecule has 0 radical (unpaired) electrons. The van der Waals surface area contributed by atoms with Gasteiger partial charge in [0.2, 0.25) is 5.91 Å². The normalized spacial score (nSPS) is 22.2. The predicted molar refractivity (Wildman–Crippen MR) is 135 cm³/mol. The van der Waals surface area contributed by atoms with E-state index in [1.54, 1.807) is 19.0 Å². The maximum absolute atomic E-state index is 12.8. The number of alkyl halides is 3. The van der Waals surface area contributed by atoms with Gasteiger partial charge < -0.3 is 14.5 Å². The summed E-state index contributed by atoms with van der Waals surface area (Å²) >= 11 is 5.93. The molecule has 1 saturated heterocycles. The van der Waals surface area contributed by atoms with Crippen molar-refractivity contribution in [1.82, 2.24) is 14.1 Å². The number of carbonyl (C=O) groups is 1. The smallest absolute Gasteiger partial charge is 0.370 e. The van der Waals surface area contributed by atoms with Crippen molar-refractivity contribution >= 4 is 28.5 Å². The average molecular weight is 552 g/mol. The molecule has 1 aromatic rings. The van der Waals surface area contributed by atoms with Gasteiger partial charge in [0.15, 0.2) is 0 Å². The van der Waals surface area contributed by atoms with Crippen LogP contribution < -0.4 is 0 Å². The van der Waals surface area contributed by atoms with Crippen molar-refractivity contribution in [1.29, 1.82) is 0 Å². The Kier molecular flexibility index (Phi) is 11.1. The minimum absolute atomic E-state index is 0.0671. The predicted octanol–water partition coefficient (Wildman–Crippen LogP) is 4.69. The lowest BCUT2D eigenvalue weighted by Crippen LogP contribution is -2.37. The van der Waals surface area contributed by atoms with Crippen molar-refractivity contribution < 1.29 is 26.9 Å². The second-order valence-electron chi connectivity index (χ2n) is 9.96. The maximum Gasteiger partial charge on any atom is 0.416 e. The number of hydrogen-bond acceptors (Lipinski definition) is 4. The van der Waals surface area contributed by atoms with Crippen LogP contribution in [0.4, 0.5) is 13.2 Å². The molecule has 1 aliphatic carbocycles. The van der Waals surface area contributed by atoms with Crippen molar-refractivity contribution in [3.63, 3.8) is 0 Å². The number of nitrogens with zero attached hydrogens (tertiary/aromatic N) is 3. The van der Waals surface area contributed by atoms with Gasteiger partial charge in [0.1, 0.15) is 17.6 Å². The highest BCUT2D eigenvalue weighted by molar-refractivity contribution is 7.82. The Morgan fingerprint density at radius 2 is 1.78 bits per heavy atom. The number of benzene rings is 1. The topological polar surface area (TPSA) is 53.1 Å². The van der Waals surface area contributed by atoms with E-state index in [0.29, 0.717) is 5.92 Å². The lowest BCUT2D eigenvalue weighted by Gasteiger charge is -2.33. The van der Waals surface area contributed by atoms with Crippen LogP contribution in [0.3, 0.4) is 0 Å². The number of halogens is 4. The van der Waals surface area contributed by atoms with Crippen LogP contribution in [-0.4, -0.2) is 84.3 Å². The van der Waals surface area contributed by atoms with Crippen LogP contribution in [0.1, 0.15) is 44.1 Å². The van der Waals surface area contributed by atoms with Gasteiger partial charge in [-0.15, -0.1) is 0 Å². The van der Waals surface area contributed by atoms with Crippen molar-refractivity contribution in [2.45, 2.75) is 49.6 Å². The monoisotopic (exact) mass is 551 g/mol. The number of rotatable bonds is 11. The number of amides is 1. The van der Waals surface area contributed by atoms with Crippen LogP contribution in [-0.2, 0) is 26.7 Å². The summed E-state index contributed by atoms with van der Waals surface area (Å²) in [7, 11) is 1.61. The first-order valence-electron chi connectivity index (χ1n) is 12.6. The van der Waals surface area contributed by atoms with Gasteiger partial charge in [-0.3, -0.25) is 4.79 Å². The molecule has 204 valence electrons. The van der Waals surface area contributed by atoms with E-state index in [4.69, 9.17) is 16.3 Å². The fourth-order valence-corrected chi connectivity index (χ4v) is 6.31. The van der Waals surface area contributed by atoms with E-state index in [-0.39, 0.29) is 35.6 Å². The quantitative estimate of drug-likeness (QED) is 0.374. The van der Waals surface area contributed by atoms with Crippen LogP contribution in [0.15, 0.2) is 23.1 Å². The molecule has 1 aromatic carbocycles. The third kappa shape index (κ3) is 8.68. The minimum atomic E-state index is -4.52. The highest BCUT2D eigenvalue weighted by Crippen LogP contribution is 2.33. The molecule has 1 atom stereocenters. The molecule has 0 N–H and O–H groups in total. The first-order chi connectivity index (χ1) is 17.0. The number of carbonyl (C=O) groups excluding carboxylic acids is 1. The first kappa shape index (κ1) is 29.4. The number of hydrogen-bond donors (Lipinski definition) is 0. The van der Waals surface area contributed by atoms with Gasteiger partial charge in [0, 0.05) is 33.7 Å². The molecule has 1 heterocycles. The number of likely N-dealkylation sites (N-methyl/N-ethyl adjacent to an activating group) is 2. The molecule has 0 aromatic heterocycles. The van der Waals surface area contributed by atoms with E-state index in [0.717, 1.165) is 43.5 Å². The molecule has 6 nitrogen and oxygen atoms in total. The van der Waals surface area contributed by atoms with Crippen molar-refractivity contribution in [2.24, 2.45) is 11.8 Å². The largest absolute Gasteiger partial charge is 0.416 e. The minimum Gasteiger partial charge on any atom is -0.370 e. The molecule has 11 heteroatoms. The van der Waals surface area contributed by atoms with Crippen molar-refractivity contribution in [2.75, 3.05) is 60.0 Å². The zero-order valence-electron chi connectivity index (χ0n) is 21.1. The number of ether oxygens (including phenoxy) is 1. The molecule has 0 bridgehead atoms. The maximum atomic E-state index is 12.8. The second-order valence-corrected chi connectivity index (χ2v) is 11.9. The Morgan fingerprint density at radius 3 is 2.39 bits per heavy atom. The van der Waals surface area contributed by atoms with Gasteiger partial charge in [0.05, 0.1) is 22.1 Å². The summed E-state index contributed by atoms with van der Waals surface area (Å²) in [5.41, 5.74) is -0.892. The molecule has 1 unspecified atom stereocenters. The van der Waals surface area contributed by atoms with E-state index in [9.17, 15) is 22.2 Å². The Labute approximate surface area is 219 Å². The van der Waals surface area contributed by atoms with Crippen LogP contribution in [0, 0.1) is 11.8 Å². The molecule has 0 spiro atoms. The average Bonchev–Trinajstić information content (AvgIpc) is 3.34. The summed E-state index contributed by atoms with van der Waals surface area (Å²) in [5, 5.41) is -0.210. The van der Waals surface area contributed by atoms with Gasteiger partial charge in [-0.25, -0.2) is 8.51 Å². The summed E-state index contributed by atoms with van der Waals surface area (Å²) in [6, 6.07) is 2.75. The van der Waals surface area contributed by atoms with Crippen LogP contribution in [0.25, 0.3) is 0 Å². The zero-order chi connectivity index (χ0) is 26.3. The summed E-state index contributed by atoms with van der Waals surface area (Å²) in [6.45, 7) is 4.75. The molecule has 3 rings (SSSR count). The Hall–Kier alpha value is -1.20. The molecule has 1 saturated carbocycles. The van der Waals surface area contributed by atoms with Crippen LogP contribution >= 0.6 is 11.6 Å². The summed E-state index contributed by atoms with van der Waals surface area (Å²) < 4.78 is 58.0. The van der Waals surface area contributed by atoms with Crippen molar-refractivity contribution in [3.8, 4) is 0 Å². The summed E-state index contributed by atoms with van der Waals surface area (Å²) in [6.07, 6.45) is 2.90. The lowest BCUT2D eigenvalue weighted by molar-refractivity contribution is -0.137. The summed E-state index contributed by atoms with van der Waals surface area (Å²) in [5.74, 6) is 1.21. The third-order valence-corrected chi connectivity index (χ3v) is 9.05. The van der Waals surface area contributed by atoms with E-state index < -0.39 is 22.7 Å². The molecule has 1 amide bonds. The van der Waals surface area contributed by atoms with Gasteiger partial charge in [0.25, 0.3) is 0 Å². The van der Waals surface area contributed by atoms with Gasteiger partial charge in [-0.1, -0.05) is 11.6 Å². The van der Waals surface area contributed by atoms with Gasteiger partial charge >= 0.3 is 6.18 Å². The summed E-state index contributed by atoms with van der Waals surface area (Å²) in [4.78, 5) is 16.9. The Bertz CT molecular complexity index is 891. The molecule has 2 fully saturated rings. The van der Waals surface area contributed by atoms with Gasteiger partial charge in [-0.05, 0) is 81.6 Å². The second kappa shape index (κ2) is 13.6. The first-order valence-corrected chi connectivity index (χ1v) is 14.1. The van der Waals surface area contributed by atoms with Crippen molar-refractivity contribution in [3.05, 3.63) is 28.8 Å². The van der Waals surface area contributed by atoms with Crippen LogP contribution in [0.5, 0.6) is 0 Å². The highest BCUT2D eigenvalue weighted by atomic mass is 35.5. The van der Waals surface area contributed by atoms with E-state index in [1.807, 2.05) is 0 Å². The molecule has 1 aliphatic heterocycles. The fraction of sp³-hybridized carbons (Fsp3) is 0.720. The Balaban J connectivity index is 1.32. The highest BCUT2D eigenvalue weighted by Gasteiger charge is 2.31. The number of likely N-dealkylation sites (tertiary alicyclic amines) is 1. The van der Waals surface area contributed by atoms with Crippen LogP contribution in [0.2, 0.25) is 5.02 Å². The molecular formula is C25H37ClF3N3O3S. The molecule has 36 heavy (non-hydrogen) atoms. The van der Waals surface area contributed by atoms with E-state index in [1.165, 1.54) is 49.6 Å². The molecule has 2 aliphatic rings. The SMILES string of the molecule is CN(CC1CCC(CN2CCCC2)CC1)C(=O)COCCN(C)S(=O)c1ccc(C(F)(F)F)cc1Cl. The fourth-order valence-electron chi connectivity index (χ4n) is 4.95. The van der Waals surface area contributed by atoms with Gasteiger partial charge in [-0.2, -0.15) is 13.2 Å². The zero-order valence-corrected chi connectivity index (χ0v) is 22.6. The third-order valence-electron chi connectivity index (χ3n) is 7.15. The lowest BCUT2D eigenvalue weighted by atomic mass is 9.81. The van der Waals surface area contributed by atoms with E-state index >= 15 is 0 Å². The standard InChI is InChI=1S/C25H37ClF3N3O3S/c1-30(16-19-5-7-20(8-6-19)17-32-11-3-4-12-32)24(33)18-35-14-13-31(2)36(34)23-10-9-21(15-22(23)26)25(27,28)29/h9-10,15,19-20H,3-8,11-14,16-18H2,1-2H3.